The summed E-state index contributed by atoms with van der Waals surface area (Å²) in [4.78, 5) is 29.3. The minimum Gasteiger partial charge on any atom is -0.307 e. The lowest BCUT2D eigenvalue weighted by molar-refractivity contribution is 0.261. The molecule has 0 saturated carbocycles. The zero-order chi connectivity index (χ0) is 21.7. The summed E-state index contributed by atoms with van der Waals surface area (Å²) in [7, 11) is 0. The third-order valence-electron chi connectivity index (χ3n) is 4.69. The number of rotatable bonds is 4. The molecular weight excluding hydrogens is 378 g/mol. The number of aromatic nitrogens is 1. The second-order valence-corrected chi connectivity index (χ2v) is 7.04. The number of carbonyl (C=O) groups is 2. The smallest absolute Gasteiger partial charge is 0.307 e. The first kappa shape index (κ1) is 20.9. The van der Waals surface area contributed by atoms with Crippen molar-refractivity contribution in [2.75, 3.05) is 21.3 Å². The van der Waals surface area contributed by atoms with Crippen LogP contribution in [0.4, 0.5) is 32.3 Å². The van der Waals surface area contributed by atoms with Crippen LogP contribution in [-0.2, 0) is 0 Å². The summed E-state index contributed by atoms with van der Waals surface area (Å²) >= 11 is 0. The Kier molecular flexibility index (Phi) is 6.32. The summed E-state index contributed by atoms with van der Waals surface area (Å²) in [5.74, 6) is 0. The first-order valence-electron chi connectivity index (χ1n) is 9.59. The summed E-state index contributed by atoms with van der Waals surface area (Å²) in [6, 6.07) is 16.0. The van der Waals surface area contributed by atoms with Gasteiger partial charge >= 0.3 is 12.1 Å². The van der Waals surface area contributed by atoms with E-state index in [0.717, 1.165) is 22.5 Å². The van der Waals surface area contributed by atoms with E-state index in [1.165, 1.54) is 0 Å². The standard InChI is InChI=1S/C23H25N5O2/c1-14-9-5-7-11-18(14)25-22(29)27-20-13-21(17(4)24-16(20)3)28-23(30)26-19-12-8-6-10-15(19)2/h5-13H,1-4H3,(H2,25,27,29)(H2,26,28,30). The minimum atomic E-state index is -0.381. The number of hydrogen-bond donors (Lipinski definition) is 4. The number of anilines is 4. The van der Waals surface area contributed by atoms with E-state index in [4.69, 9.17) is 0 Å². The van der Waals surface area contributed by atoms with Gasteiger partial charge in [-0.25, -0.2) is 9.59 Å². The highest BCUT2D eigenvalue weighted by atomic mass is 16.2. The van der Waals surface area contributed by atoms with E-state index in [0.29, 0.717) is 22.8 Å². The highest BCUT2D eigenvalue weighted by molar-refractivity contribution is 6.03. The molecule has 0 atom stereocenters. The van der Waals surface area contributed by atoms with Gasteiger partial charge in [0, 0.05) is 11.4 Å². The molecule has 3 aromatic rings. The fourth-order valence-electron chi connectivity index (χ4n) is 2.96. The van der Waals surface area contributed by atoms with Crippen molar-refractivity contribution in [1.29, 1.82) is 0 Å². The van der Waals surface area contributed by atoms with Crippen LogP contribution in [0.3, 0.4) is 0 Å². The van der Waals surface area contributed by atoms with Gasteiger partial charge in [-0.2, -0.15) is 0 Å². The van der Waals surface area contributed by atoms with Crippen LogP contribution in [0.25, 0.3) is 0 Å². The zero-order valence-electron chi connectivity index (χ0n) is 17.5. The second kappa shape index (κ2) is 9.09. The van der Waals surface area contributed by atoms with Crippen LogP contribution in [0, 0.1) is 27.7 Å². The van der Waals surface area contributed by atoms with Crippen LogP contribution in [0.2, 0.25) is 0 Å². The maximum absolute atomic E-state index is 12.4. The number of para-hydroxylation sites is 2. The SMILES string of the molecule is Cc1ccccc1NC(=O)Nc1cc(NC(=O)Nc2ccccc2C)c(C)nc1C. The quantitative estimate of drug-likeness (QED) is 0.456. The molecule has 0 aliphatic rings. The molecule has 0 aliphatic carbocycles. The van der Waals surface area contributed by atoms with Crippen molar-refractivity contribution in [2.45, 2.75) is 27.7 Å². The van der Waals surface area contributed by atoms with Crippen molar-refractivity contribution in [1.82, 2.24) is 4.98 Å². The summed E-state index contributed by atoms with van der Waals surface area (Å²) in [5, 5.41) is 11.2. The highest BCUT2D eigenvalue weighted by Crippen LogP contribution is 2.23. The number of benzene rings is 2. The van der Waals surface area contributed by atoms with E-state index in [1.54, 1.807) is 19.9 Å². The van der Waals surface area contributed by atoms with Crippen molar-refractivity contribution in [3.05, 3.63) is 77.1 Å². The largest absolute Gasteiger partial charge is 0.323 e. The molecule has 7 nitrogen and oxygen atoms in total. The van der Waals surface area contributed by atoms with E-state index < -0.39 is 0 Å². The van der Waals surface area contributed by atoms with Crippen molar-refractivity contribution in [3.8, 4) is 0 Å². The van der Waals surface area contributed by atoms with Crippen LogP contribution in [-0.4, -0.2) is 17.0 Å². The van der Waals surface area contributed by atoms with Crippen molar-refractivity contribution < 1.29 is 9.59 Å². The third kappa shape index (κ3) is 5.14. The predicted molar refractivity (Wildman–Crippen MR) is 121 cm³/mol. The second-order valence-electron chi connectivity index (χ2n) is 7.04. The first-order chi connectivity index (χ1) is 14.3. The van der Waals surface area contributed by atoms with Crippen molar-refractivity contribution in [2.24, 2.45) is 0 Å². The summed E-state index contributed by atoms with van der Waals surface area (Å²) in [6.07, 6.45) is 0. The van der Waals surface area contributed by atoms with Gasteiger partial charge in [-0.15, -0.1) is 0 Å². The van der Waals surface area contributed by atoms with E-state index >= 15 is 0 Å². The fourth-order valence-corrected chi connectivity index (χ4v) is 2.96. The molecule has 30 heavy (non-hydrogen) atoms. The molecule has 0 spiro atoms. The molecule has 4 N–H and O–H groups in total. The topological polar surface area (TPSA) is 95.2 Å². The van der Waals surface area contributed by atoms with E-state index in [2.05, 4.69) is 26.3 Å². The number of pyridine rings is 1. The van der Waals surface area contributed by atoms with E-state index in [9.17, 15) is 9.59 Å². The molecule has 2 aromatic carbocycles. The summed E-state index contributed by atoms with van der Waals surface area (Å²) in [6.45, 7) is 7.44. The first-order valence-corrected chi connectivity index (χ1v) is 9.59. The molecule has 1 heterocycles. The van der Waals surface area contributed by atoms with E-state index in [-0.39, 0.29) is 12.1 Å². The number of nitrogens with one attached hydrogen (secondary N) is 4. The molecule has 154 valence electrons. The number of urea groups is 2. The average molecular weight is 403 g/mol. The number of nitrogens with zero attached hydrogens (tertiary/aromatic N) is 1. The molecule has 1 aromatic heterocycles. The van der Waals surface area contributed by atoms with Gasteiger partial charge in [0.25, 0.3) is 0 Å². The molecule has 0 bridgehead atoms. The molecule has 4 amide bonds. The van der Waals surface area contributed by atoms with Crippen molar-refractivity contribution in [3.63, 3.8) is 0 Å². The Bertz CT molecular complexity index is 1010. The molecular formula is C23H25N5O2. The summed E-state index contributed by atoms with van der Waals surface area (Å²) < 4.78 is 0. The van der Waals surface area contributed by atoms with Crippen LogP contribution in [0.5, 0.6) is 0 Å². The molecule has 7 heteroatoms. The zero-order valence-corrected chi connectivity index (χ0v) is 17.5. The summed E-state index contributed by atoms with van der Waals surface area (Å²) in [5.41, 5.74) is 5.70. The van der Waals surface area contributed by atoms with Gasteiger partial charge in [0.05, 0.1) is 22.8 Å². The number of aryl methyl sites for hydroxylation is 4. The predicted octanol–water partition coefficient (Wildman–Crippen LogP) is 5.60. The average Bonchev–Trinajstić information content (AvgIpc) is 2.69. The monoisotopic (exact) mass is 403 g/mol. The Morgan fingerprint density at radius 2 is 0.967 bits per heavy atom. The van der Waals surface area contributed by atoms with Gasteiger partial charge in [-0.1, -0.05) is 36.4 Å². The Hall–Kier alpha value is -3.87. The molecule has 0 fully saturated rings. The van der Waals surface area contributed by atoms with Crippen LogP contribution in [0.15, 0.2) is 54.6 Å². The Morgan fingerprint density at radius 3 is 1.37 bits per heavy atom. The molecule has 0 radical (unpaired) electrons. The Labute approximate surface area is 175 Å². The minimum absolute atomic E-state index is 0.381. The van der Waals surface area contributed by atoms with Gasteiger partial charge in [0.1, 0.15) is 0 Å². The van der Waals surface area contributed by atoms with Gasteiger partial charge in [0.2, 0.25) is 0 Å². The number of hydrogen-bond acceptors (Lipinski definition) is 3. The Balaban J connectivity index is 1.72. The lowest BCUT2D eigenvalue weighted by atomic mass is 10.2. The normalized spacial score (nSPS) is 10.3. The maximum atomic E-state index is 12.4. The Morgan fingerprint density at radius 1 is 0.600 bits per heavy atom. The fraction of sp³-hybridized carbons (Fsp3) is 0.174. The van der Waals surface area contributed by atoms with Crippen LogP contribution >= 0.6 is 0 Å². The molecule has 0 aliphatic heterocycles. The number of amides is 4. The van der Waals surface area contributed by atoms with Gasteiger partial charge in [-0.05, 0) is 57.0 Å². The van der Waals surface area contributed by atoms with Gasteiger partial charge in [0.15, 0.2) is 0 Å². The van der Waals surface area contributed by atoms with Crippen molar-refractivity contribution >= 4 is 34.8 Å². The maximum Gasteiger partial charge on any atom is 0.323 e. The van der Waals surface area contributed by atoms with Gasteiger partial charge in [-0.3, -0.25) is 4.98 Å². The highest BCUT2D eigenvalue weighted by Gasteiger charge is 2.13. The number of carbonyl (C=O) groups excluding carboxylic acids is 2. The lowest BCUT2D eigenvalue weighted by Gasteiger charge is -2.15. The third-order valence-corrected chi connectivity index (χ3v) is 4.69. The van der Waals surface area contributed by atoms with Crippen LogP contribution < -0.4 is 21.3 Å². The molecule has 0 unspecified atom stereocenters. The lowest BCUT2D eigenvalue weighted by Crippen LogP contribution is -2.23. The van der Waals surface area contributed by atoms with E-state index in [1.807, 2.05) is 62.4 Å². The van der Waals surface area contributed by atoms with Gasteiger partial charge < -0.3 is 21.3 Å². The molecule has 0 saturated heterocycles. The van der Waals surface area contributed by atoms with Crippen LogP contribution in [0.1, 0.15) is 22.5 Å². The molecule has 3 rings (SSSR count).